The van der Waals surface area contributed by atoms with Crippen LogP contribution in [0.2, 0.25) is 0 Å². The average molecular weight is 168 g/mol. The molecule has 0 radical (unpaired) electrons. The Kier molecular flexibility index (Phi) is 1.26. The summed E-state index contributed by atoms with van der Waals surface area (Å²) in [7, 11) is 0. The van der Waals surface area contributed by atoms with Crippen LogP contribution in [-0.2, 0) is 9.53 Å². The summed E-state index contributed by atoms with van der Waals surface area (Å²) in [5, 5.41) is 2.86. The number of morpholine rings is 1. The third-order valence-corrected chi connectivity index (χ3v) is 3.30. The van der Waals surface area contributed by atoms with Gasteiger partial charge < -0.3 is 10.1 Å². The normalized spacial score (nSPS) is 50.0. The smallest absolute Gasteiger partial charge is 0.207 e. The van der Waals surface area contributed by atoms with E-state index in [0.29, 0.717) is 12.1 Å². The number of hydrogen-bond acceptors (Lipinski definition) is 3. The predicted octanol–water partition coefficient (Wildman–Crippen LogP) is -1.04. The number of fused-ring (bicyclic) bond motifs is 1. The minimum Gasteiger partial charge on any atom is -0.370 e. The maximum atomic E-state index is 10.3. The first-order valence-corrected chi connectivity index (χ1v) is 4.49. The molecule has 4 heteroatoms. The molecule has 0 aromatic heterocycles. The number of hydrogen-bond donors (Lipinski definition) is 1. The second-order valence-corrected chi connectivity index (χ2v) is 3.80. The monoisotopic (exact) mass is 168 g/mol. The summed E-state index contributed by atoms with van der Waals surface area (Å²) in [4.78, 5) is 12.8. The fourth-order valence-corrected chi connectivity index (χ4v) is 2.87. The van der Waals surface area contributed by atoms with Crippen LogP contribution in [0.5, 0.6) is 0 Å². The van der Waals surface area contributed by atoms with E-state index in [4.69, 9.17) is 4.74 Å². The van der Waals surface area contributed by atoms with Gasteiger partial charge in [0.1, 0.15) is 0 Å². The molecule has 4 atom stereocenters. The van der Waals surface area contributed by atoms with E-state index in [1.54, 1.807) is 0 Å². The van der Waals surface area contributed by atoms with Crippen LogP contribution in [0.4, 0.5) is 0 Å². The van der Waals surface area contributed by atoms with Crippen molar-refractivity contribution in [2.45, 2.75) is 30.7 Å². The lowest BCUT2D eigenvalue weighted by atomic mass is 10.1. The lowest BCUT2D eigenvalue weighted by molar-refractivity contribution is -0.110. The summed E-state index contributed by atoms with van der Waals surface area (Å²) in [5.74, 6) is 0. The zero-order valence-electron chi connectivity index (χ0n) is 6.77. The van der Waals surface area contributed by atoms with Crippen LogP contribution >= 0.6 is 0 Å². The van der Waals surface area contributed by atoms with Gasteiger partial charge in [0.05, 0.1) is 24.3 Å². The van der Waals surface area contributed by atoms with E-state index in [1.165, 1.54) is 0 Å². The van der Waals surface area contributed by atoms with Gasteiger partial charge in [0.15, 0.2) is 0 Å². The van der Waals surface area contributed by atoms with Crippen LogP contribution < -0.4 is 5.32 Å². The molecule has 2 bridgehead atoms. The molecule has 0 aromatic rings. The predicted molar refractivity (Wildman–Crippen MR) is 41.6 cm³/mol. The first-order chi connectivity index (χ1) is 5.90. The number of ether oxygens (including phenoxy) is 1. The van der Waals surface area contributed by atoms with Gasteiger partial charge in [-0.1, -0.05) is 0 Å². The number of nitrogens with one attached hydrogen (secondary N) is 1. The molecule has 1 N–H and O–H groups in total. The van der Waals surface area contributed by atoms with E-state index in [2.05, 4.69) is 10.2 Å². The molecular formula is C8H12N2O2. The van der Waals surface area contributed by atoms with Crippen LogP contribution in [0.1, 0.15) is 6.42 Å². The number of carbonyl (C=O) groups excluding carboxylic acids is 1. The third kappa shape index (κ3) is 0.671. The molecule has 0 unspecified atom stereocenters. The highest BCUT2D eigenvalue weighted by Gasteiger charge is 2.56. The van der Waals surface area contributed by atoms with E-state index in [1.807, 2.05) is 0 Å². The van der Waals surface area contributed by atoms with Gasteiger partial charge in [-0.2, -0.15) is 0 Å². The van der Waals surface area contributed by atoms with Crippen molar-refractivity contribution >= 4 is 6.41 Å². The molecule has 3 saturated heterocycles. The number of rotatable bonds is 2. The summed E-state index contributed by atoms with van der Waals surface area (Å²) in [6.45, 7) is 2.15. The van der Waals surface area contributed by atoms with Gasteiger partial charge in [-0.15, -0.1) is 0 Å². The Bertz CT molecular complexity index is 207. The SMILES string of the molecule is O=CN[C@@H]1[C@H]2[C@@H]3CCN2C[C@H]1O3. The van der Waals surface area contributed by atoms with Gasteiger partial charge >= 0.3 is 0 Å². The number of amides is 1. The lowest BCUT2D eigenvalue weighted by Gasteiger charge is -2.21. The van der Waals surface area contributed by atoms with Crippen LogP contribution in [-0.4, -0.2) is 48.7 Å². The molecule has 3 aliphatic heterocycles. The molecule has 0 saturated carbocycles. The van der Waals surface area contributed by atoms with Gasteiger partial charge in [0.25, 0.3) is 0 Å². The number of carbonyl (C=O) groups is 1. The van der Waals surface area contributed by atoms with E-state index >= 15 is 0 Å². The second-order valence-electron chi connectivity index (χ2n) is 3.80. The van der Waals surface area contributed by atoms with Gasteiger partial charge in [0, 0.05) is 13.1 Å². The van der Waals surface area contributed by atoms with Gasteiger partial charge in [-0.3, -0.25) is 9.69 Å². The first-order valence-electron chi connectivity index (χ1n) is 4.49. The topological polar surface area (TPSA) is 41.6 Å². The van der Waals surface area contributed by atoms with Crippen molar-refractivity contribution in [3.8, 4) is 0 Å². The first kappa shape index (κ1) is 6.86. The van der Waals surface area contributed by atoms with E-state index < -0.39 is 0 Å². The van der Waals surface area contributed by atoms with Crippen molar-refractivity contribution in [1.82, 2.24) is 10.2 Å². The standard InChI is InChI=1S/C8H12N2O2/c11-4-9-7-6-3-10-2-1-5(12-6)8(7)10/h4-8H,1-3H2,(H,9,11)/t5-,6+,7-,8+/m0/s1. The Balaban J connectivity index is 1.86. The second kappa shape index (κ2) is 2.20. The quantitative estimate of drug-likeness (QED) is 0.535. The third-order valence-electron chi connectivity index (χ3n) is 3.30. The highest BCUT2D eigenvalue weighted by atomic mass is 16.5. The van der Waals surface area contributed by atoms with Crippen molar-refractivity contribution in [3.63, 3.8) is 0 Å². The van der Waals surface area contributed by atoms with Crippen molar-refractivity contribution in [3.05, 3.63) is 0 Å². The molecule has 1 amide bonds. The van der Waals surface area contributed by atoms with E-state index in [9.17, 15) is 4.79 Å². The van der Waals surface area contributed by atoms with Gasteiger partial charge in [-0.05, 0) is 6.42 Å². The zero-order valence-corrected chi connectivity index (χ0v) is 6.77. The Labute approximate surface area is 70.9 Å². The maximum absolute atomic E-state index is 10.3. The average Bonchev–Trinajstić information content (AvgIpc) is 2.61. The van der Waals surface area contributed by atoms with Crippen LogP contribution in [0.25, 0.3) is 0 Å². The van der Waals surface area contributed by atoms with E-state index in [-0.39, 0.29) is 12.1 Å². The molecule has 4 nitrogen and oxygen atoms in total. The minimum atomic E-state index is 0.257. The maximum Gasteiger partial charge on any atom is 0.207 e. The Morgan fingerprint density at radius 2 is 2.42 bits per heavy atom. The molecular weight excluding hydrogens is 156 g/mol. The minimum absolute atomic E-state index is 0.257. The summed E-state index contributed by atoms with van der Waals surface area (Å²) in [6.07, 6.45) is 2.58. The highest BCUT2D eigenvalue weighted by Crippen LogP contribution is 2.39. The molecule has 3 rings (SSSR count). The summed E-state index contributed by atoms with van der Waals surface area (Å²) in [5.41, 5.74) is 0. The highest BCUT2D eigenvalue weighted by molar-refractivity contribution is 5.48. The molecule has 3 fully saturated rings. The van der Waals surface area contributed by atoms with E-state index in [0.717, 1.165) is 25.9 Å². The van der Waals surface area contributed by atoms with Crippen molar-refractivity contribution in [1.29, 1.82) is 0 Å². The number of nitrogens with zero attached hydrogens (tertiary/aromatic N) is 1. The van der Waals surface area contributed by atoms with Gasteiger partial charge in [0.2, 0.25) is 6.41 Å². The largest absolute Gasteiger partial charge is 0.370 e. The van der Waals surface area contributed by atoms with Crippen LogP contribution in [0.3, 0.4) is 0 Å². The van der Waals surface area contributed by atoms with Crippen molar-refractivity contribution in [2.24, 2.45) is 0 Å². The lowest BCUT2D eigenvalue weighted by Crippen LogP contribution is -2.41. The van der Waals surface area contributed by atoms with Crippen LogP contribution in [0.15, 0.2) is 0 Å². The molecule has 12 heavy (non-hydrogen) atoms. The molecule has 3 aliphatic rings. The fourth-order valence-electron chi connectivity index (χ4n) is 2.87. The fraction of sp³-hybridized carbons (Fsp3) is 0.875. The Morgan fingerprint density at radius 1 is 1.50 bits per heavy atom. The molecule has 0 aliphatic carbocycles. The summed E-state index contributed by atoms with van der Waals surface area (Å²) < 4.78 is 5.75. The molecule has 0 aromatic carbocycles. The molecule has 66 valence electrons. The van der Waals surface area contributed by atoms with Gasteiger partial charge in [-0.25, -0.2) is 0 Å². The summed E-state index contributed by atoms with van der Waals surface area (Å²) >= 11 is 0. The molecule has 0 spiro atoms. The Hall–Kier alpha value is -0.610. The summed E-state index contributed by atoms with van der Waals surface area (Å²) in [6, 6.07) is 0.732. The van der Waals surface area contributed by atoms with Crippen molar-refractivity contribution in [2.75, 3.05) is 13.1 Å². The van der Waals surface area contributed by atoms with Crippen molar-refractivity contribution < 1.29 is 9.53 Å². The van der Waals surface area contributed by atoms with Crippen LogP contribution in [0, 0.1) is 0 Å². The zero-order chi connectivity index (χ0) is 8.13. The molecule has 3 heterocycles. The Morgan fingerprint density at radius 3 is 3.17 bits per heavy atom.